The molecule has 1 heterocycles. The number of hydrogen-bond donors (Lipinski definition) is 0. The number of hydrogen-bond acceptors (Lipinski definition) is 6. The van der Waals surface area contributed by atoms with Crippen molar-refractivity contribution in [2.75, 3.05) is 7.11 Å². The van der Waals surface area contributed by atoms with E-state index in [2.05, 4.69) is 5.10 Å². The van der Waals surface area contributed by atoms with Crippen LogP contribution in [-0.2, 0) is 17.9 Å². The van der Waals surface area contributed by atoms with Crippen LogP contribution >= 0.6 is 0 Å². The molecule has 0 radical (unpaired) electrons. The molecule has 0 unspecified atom stereocenters. The lowest BCUT2D eigenvalue weighted by molar-refractivity contribution is -0.387. The second-order valence-corrected chi connectivity index (χ2v) is 3.90. The molecule has 0 bridgehead atoms. The zero-order valence-electron chi connectivity index (χ0n) is 10.4. The molecule has 0 atom stereocenters. The van der Waals surface area contributed by atoms with Crippen LogP contribution in [0.4, 0.5) is 10.1 Å². The van der Waals surface area contributed by atoms with Crippen LogP contribution < -0.4 is 5.76 Å². The van der Waals surface area contributed by atoms with Crippen molar-refractivity contribution in [3.8, 4) is 0 Å². The van der Waals surface area contributed by atoms with Crippen LogP contribution in [0.3, 0.4) is 0 Å². The van der Waals surface area contributed by atoms with Crippen LogP contribution in [0.25, 0.3) is 0 Å². The molecule has 0 amide bonds. The van der Waals surface area contributed by atoms with E-state index in [9.17, 15) is 19.3 Å². The van der Waals surface area contributed by atoms with Crippen LogP contribution in [0.2, 0.25) is 0 Å². The number of rotatable bonds is 5. The summed E-state index contributed by atoms with van der Waals surface area (Å²) in [7, 11) is 1.42. The van der Waals surface area contributed by atoms with Crippen LogP contribution in [0.5, 0.6) is 0 Å². The molecule has 20 heavy (non-hydrogen) atoms. The smallest absolute Gasteiger partial charge is 0.390 e. The monoisotopic (exact) mass is 283 g/mol. The zero-order chi connectivity index (χ0) is 14.7. The number of halogens is 1. The fourth-order valence-electron chi connectivity index (χ4n) is 1.60. The van der Waals surface area contributed by atoms with Gasteiger partial charge in [-0.3, -0.25) is 10.1 Å². The Morgan fingerprint density at radius 3 is 2.90 bits per heavy atom. The van der Waals surface area contributed by atoms with E-state index in [1.807, 2.05) is 0 Å². The Morgan fingerprint density at radius 2 is 2.30 bits per heavy atom. The normalized spacial score (nSPS) is 10.7. The van der Waals surface area contributed by atoms with Gasteiger partial charge < -0.3 is 9.15 Å². The summed E-state index contributed by atoms with van der Waals surface area (Å²) in [6.07, 6.45) is 0. The van der Waals surface area contributed by atoms with E-state index in [1.165, 1.54) is 13.2 Å². The molecule has 8 nitrogen and oxygen atoms in total. The first-order valence-electron chi connectivity index (χ1n) is 5.50. The van der Waals surface area contributed by atoms with Crippen LogP contribution in [0.1, 0.15) is 11.5 Å². The molecule has 0 aliphatic rings. The topological polar surface area (TPSA) is 100 Å². The van der Waals surface area contributed by atoms with Crippen molar-refractivity contribution in [1.29, 1.82) is 0 Å². The van der Waals surface area contributed by atoms with E-state index in [4.69, 9.17) is 9.15 Å². The highest BCUT2D eigenvalue weighted by Crippen LogP contribution is 2.18. The molecule has 0 aliphatic carbocycles. The Kier molecular flexibility index (Phi) is 3.89. The molecule has 0 aliphatic heterocycles. The van der Waals surface area contributed by atoms with Gasteiger partial charge in [-0.1, -0.05) is 6.07 Å². The van der Waals surface area contributed by atoms with E-state index < -0.39 is 22.2 Å². The van der Waals surface area contributed by atoms with Crippen molar-refractivity contribution in [3.63, 3.8) is 0 Å². The van der Waals surface area contributed by atoms with Crippen molar-refractivity contribution in [2.24, 2.45) is 0 Å². The molecular formula is C11H10FN3O5. The van der Waals surface area contributed by atoms with E-state index in [0.717, 1.165) is 16.8 Å². The quantitative estimate of drug-likeness (QED) is 0.601. The van der Waals surface area contributed by atoms with Gasteiger partial charge in [0.25, 0.3) is 0 Å². The maximum atomic E-state index is 13.4. The molecule has 9 heteroatoms. The third-order valence-corrected chi connectivity index (χ3v) is 2.46. The molecule has 0 saturated carbocycles. The average molecular weight is 283 g/mol. The third-order valence-electron chi connectivity index (χ3n) is 2.46. The Morgan fingerprint density at radius 1 is 1.55 bits per heavy atom. The van der Waals surface area contributed by atoms with Gasteiger partial charge in [0.2, 0.25) is 11.7 Å². The molecule has 1 aromatic carbocycles. The fraction of sp³-hybridized carbons (Fsp3) is 0.273. The van der Waals surface area contributed by atoms with Crippen molar-refractivity contribution in [2.45, 2.75) is 13.2 Å². The molecular weight excluding hydrogens is 273 g/mol. The van der Waals surface area contributed by atoms with Crippen molar-refractivity contribution in [3.05, 3.63) is 56.1 Å². The summed E-state index contributed by atoms with van der Waals surface area (Å²) in [5.74, 6) is -1.59. The molecule has 0 N–H and O–H groups in total. The van der Waals surface area contributed by atoms with E-state index >= 15 is 0 Å². The number of aromatic nitrogens is 2. The lowest BCUT2D eigenvalue weighted by Crippen LogP contribution is -2.16. The number of methoxy groups -OCH3 is 1. The summed E-state index contributed by atoms with van der Waals surface area (Å²) in [5, 5.41) is 14.3. The highest BCUT2D eigenvalue weighted by Gasteiger charge is 2.15. The van der Waals surface area contributed by atoms with Gasteiger partial charge in [0.05, 0.1) is 11.5 Å². The minimum atomic E-state index is -0.971. The van der Waals surface area contributed by atoms with Gasteiger partial charge in [-0.15, -0.1) is 5.10 Å². The van der Waals surface area contributed by atoms with Gasteiger partial charge >= 0.3 is 11.4 Å². The SMILES string of the molecule is COCc1nn(Cc2ccc([N+](=O)[O-])c(F)c2)c(=O)o1. The number of nitrogens with zero attached hydrogens (tertiary/aromatic N) is 3. The van der Waals surface area contributed by atoms with Gasteiger partial charge in [0, 0.05) is 13.2 Å². The van der Waals surface area contributed by atoms with Crippen LogP contribution in [0, 0.1) is 15.9 Å². The predicted octanol–water partition coefficient (Wildman–Crippen LogP) is 1.08. The summed E-state index contributed by atoms with van der Waals surface area (Å²) in [6.45, 7) is -0.0160. The van der Waals surface area contributed by atoms with Gasteiger partial charge in [0.1, 0.15) is 6.61 Å². The molecule has 106 valence electrons. The average Bonchev–Trinajstić information content (AvgIpc) is 2.70. The van der Waals surface area contributed by atoms with E-state index in [0.29, 0.717) is 5.56 Å². The van der Waals surface area contributed by atoms with E-state index in [-0.39, 0.29) is 19.0 Å². The maximum absolute atomic E-state index is 13.4. The Balaban J connectivity index is 2.24. The highest BCUT2D eigenvalue weighted by molar-refractivity contribution is 5.35. The van der Waals surface area contributed by atoms with Gasteiger partial charge in [0.15, 0.2) is 0 Å². The predicted molar refractivity (Wildman–Crippen MR) is 63.6 cm³/mol. The first kappa shape index (κ1) is 13.9. The number of nitro groups is 1. The second-order valence-electron chi connectivity index (χ2n) is 3.90. The number of benzene rings is 1. The minimum Gasteiger partial charge on any atom is -0.390 e. The van der Waals surface area contributed by atoms with Gasteiger partial charge in [-0.2, -0.15) is 9.07 Å². The standard InChI is InChI=1S/C11H10FN3O5/c1-19-6-10-13-14(11(16)20-10)5-7-2-3-9(15(17)18)8(12)4-7/h2-4H,5-6H2,1H3. The minimum absolute atomic E-state index is 0.0386. The number of ether oxygens (including phenoxy) is 1. The van der Waals surface area contributed by atoms with Crippen molar-refractivity contribution >= 4 is 5.69 Å². The summed E-state index contributed by atoms with van der Waals surface area (Å²) >= 11 is 0. The van der Waals surface area contributed by atoms with Crippen LogP contribution in [-0.4, -0.2) is 21.8 Å². The molecule has 0 saturated heterocycles. The first-order valence-corrected chi connectivity index (χ1v) is 5.50. The Hall–Kier alpha value is -2.55. The summed E-state index contributed by atoms with van der Waals surface area (Å²) in [6, 6.07) is 3.36. The summed E-state index contributed by atoms with van der Waals surface area (Å²) < 4.78 is 24.0. The lowest BCUT2D eigenvalue weighted by atomic mass is 10.2. The van der Waals surface area contributed by atoms with Crippen molar-refractivity contribution < 1.29 is 18.5 Å². The number of nitro benzene ring substituents is 1. The van der Waals surface area contributed by atoms with Crippen LogP contribution in [0.15, 0.2) is 27.4 Å². The zero-order valence-corrected chi connectivity index (χ0v) is 10.4. The molecule has 0 spiro atoms. The molecule has 2 aromatic rings. The summed E-state index contributed by atoms with van der Waals surface area (Å²) in [4.78, 5) is 21.1. The van der Waals surface area contributed by atoms with Gasteiger partial charge in [-0.25, -0.2) is 4.79 Å². The summed E-state index contributed by atoms with van der Waals surface area (Å²) in [5.41, 5.74) is -0.270. The third kappa shape index (κ3) is 2.88. The van der Waals surface area contributed by atoms with E-state index in [1.54, 1.807) is 0 Å². The molecule has 1 aromatic heterocycles. The van der Waals surface area contributed by atoms with Gasteiger partial charge in [-0.05, 0) is 11.6 Å². The fourth-order valence-corrected chi connectivity index (χ4v) is 1.60. The Bertz CT molecular complexity index is 694. The highest BCUT2D eigenvalue weighted by atomic mass is 19.1. The molecule has 0 fully saturated rings. The first-order chi connectivity index (χ1) is 9.51. The Labute approximate surface area is 111 Å². The molecule has 2 rings (SSSR count). The second kappa shape index (κ2) is 5.61. The largest absolute Gasteiger partial charge is 0.437 e. The maximum Gasteiger partial charge on any atom is 0.437 e. The lowest BCUT2D eigenvalue weighted by Gasteiger charge is -2.00. The van der Waals surface area contributed by atoms with Crippen molar-refractivity contribution in [1.82, 2.24) is 9.78 Å².